The average Bonchev–Trinajstić information content (AvgIpc) is 2.97. The van der Waals surface area contributed by atoms with Gasteiger partial charge in [0.15, 0.2) is 0 Å². The van der Waals surface area contributed by atoms with Gasteiger partial charge in [-0.15, -0.1) is 0 Å². The van der Waals surface area contributed by atoms with Gasteiger partial charge in [-0.05, 0) is 6.92 Å². The van der Waals surface area contributed by atoms with Crippen LogP contribution < -0.4 is 0 Å². The Balaban J connectivity index is 2.13. The number of aromatic nitrogens is 1. The molecule has 0 unspecified atom stereocenters. The number of thioether (sulfide) groups is 1. The first-order chi connectivity index (χ1) is 10.3. The summed E-state index contributed by atoms with van der Waals surface area (Å²) in [5, 5.41) is 0. The molecule has 1 aliphatic rings. The first-order valence-corrected chi connectivity index (χ1v) is 8.85. The summed E-state index contributed by atoms with van der Waals surface area (Å²) in [5.41, 5.74) is -0.0475. The second kappa shape index (κ2) is 7.04. The lowest BCUT2D eigenvalue weighted by Gasteiger charge is -2.37. The molecule has 5 nitrogen and oxygen atoms in total. The maximum Gasteiger partial charge on any atom is 0.307 e. The molecule has 22 heavy (non-hydrogen) atoms. The molecule has 6 heteroatoms. The molecule has 0 amide bonds. The van der Waals surface area contributed by atoms with E-state index in [4.69, 9.17) is 9.15 Å². The molecule has 0 aliphatic carbocycles. The van der Waals surface area contributed by atoms with Gasteiger partial charge in [0.1, 0.15) is 5.76 Å². The van der Waals surface area contributed by atoms with Gasteiger partial charge in [-0.25, -0.2) is 4.98 Å². The van der Waals surface area contributed by atoms with Gasteiger partial charge in [-0.1, -0.05) is 20.8 Å². The summed E-state index contributed by atoms with van der Waals surface area (Å²) in [5.74, 6) is 3.46. The van der Waals surface area contributed by atoms with Crippen LogP contribution in [-0.4, -0.2) is 47.1 Å². The molecule has 1 aliphatic heterocycles. The molecule has 0 aromatic carbocycles. The van der Waals surface area contributed by atoms with Crippen LogP contribution in [0.5, 0.6) is 0 Å². The van der Waals surface area contributed by atoms with Crippen LogP contribution in [0.15, 0.2) is 10.6 Å². The summed E-state index contributed by atoms with van der Waals surface area (Å²) >= 11 is 1.88. The molecule has 0 radical (unpaired) electrons. The van der Waals surface area contributed by atoms with Crippen LogP contribution in [0.1, 0.15) is 51.8 Å². The van der Waals surface area contributed by atoms with Gasteiger partial charge >= 0.3 is 5.97 Å². The van der Waals surface area contributed by atoms with Crippen LogP contribution in [-0.2, 0) is 14.9 Å². The Morgan fingerprint density at radius 1 is 1.59 bits per heavy atom. The molecule has 0 spiro atoms. The zero-order valence-electron chi connectivity index (χ0n) is 14.1. The number of nitrogens with zero attached hydrogens (tertiary/aromatic N) is 2. The standard InChI is InChI=1S/C16H26N2O3S/c1-11(15-17-9-13(21-15)16(2,3)4)18-6-7-22-10-12(18)8-14(19)20-5/h9,11-12H,6-8,10H2,1-5H3/t11-,12+/m0/s1. The molecule has 0 saturated carbocycles. The minimum Gasteiger partial charge on any atom is -0.469 e. The number of methoxy groups -OCH3 is 1. The second-order valence-electron chi connectivity index (χ2n) is 6.74. The summed E-state index contributed by atoms with van der Waals surface area (Å²) in [4.78, 5) is 18.4. The van der Waals surface area contributed by atoms with E-state index in [-0.39, 0.29) is 23.5 Å². The molecule has 1 fully saturated rings. The van der Waals surface area contributed by atoms with Crippen molar-refractivity contribution in [1.82, 2.24) is 9.88 Å². The van der Waals surface area contributed by atoms with E-state index in [1.54, 1.807) is 0 Å². The van der Waals surface area contributed by atoms with Crippen LogP contribution >= 0.6 is 11.8 Å². The third-order valence-corrected chi connectivity index (χ3v) is 5.11. The molecule has 2 rings (SSSR count). The highest BCUT2D eigenvalue weighted by Crippen LogP contribution is 2.31. The highest BCUT2D eigenvalue weighted by atomic mass is 32.2. The number of ether oxygens (including phenoxy) is 1. The van der Waals surface area contributed by atoms with Crippen molar-refractivity contribution in [3.63, 3.8) is 0 Å². The Hall–Kier alpha value is -1.01. The third-order valence-electron chi connectivity index (χ3n) is 4.02. The molecule has 0 N–H and O–H groups in total. The normalized spacial score (nSPS) is 21.6. The second-order valence-corrected chi connectivity index (χ2v) is 7.89. The highest BCUT2D eigenvalue weighted by molar-refractivity contribution is 7.99. The van der Waals surface area contributed by atoms with E-state index in [1.165, 1.54) is 7.11 Å². The fourth-order valence-electron chi connectivity index (χ4n) is 2.60. The van der Waals surface area contributed by atoms with E-state index in [2.05, 4.69) is 37.6 Å². The number of hydrogen-bond donors (Lipinski definition) is 0. The van der Waals surface area contributed by atoms with E-state index in [1.807, 2.05) is 18.0 Å². The van der Waals surface area contributed by atoms with Gasteiger partial charge < -0.3 is 9.15 Å². The number of oxazole rings is 1. The summed E-state index contributed by atoms with van der Waals surface area (Å²) in [6, 6.07) is 0.234. The number of hydrogen-bond acceptors (Lipinski definition) is 6. The molecule has 124 valence electrons. The van der Waals surface area contributed by atoms with Gasteiger partial charge in [0, 0.05) is 29.5 Å². The van der Waals surface area contributed by atoms with Crippen molar-refractivity contribution in [2.45, 2.75) is 51.6 Å². The summed E-state index contributed by atoms with van der Waals surface area (Å²) in [6.07, 6.45) is 2.24. The van der Waals surface area contributed by atoms with Crippen molar-refractivity contribution in [2.24, 2.45) is 0 Å². The van der Waals surface area contributed by atoms with Crippen LogP contribution in [0.25, 0.3) is 0 Å². The molecule has 1 saturated heterocycles. The molecule has 2 atom stereocenters. The molecular formula is C16H26N2O3S. The van der Waals surface area contributed by atoms with Gasteiger partial charge in [-0.2, -0.15) is 11.8 Å². The Labute approximate surface area is 136 Å². The maximum absolute atomic E-state index is 11.6. The predicted molar refractivity (Wildman–Crippen MR) is 88.1 cm³/mol. The van der Waals surface area contributed by atoms with Crippen molar-refractivity contribution in [2.75, 3.05) is 25.2 Å². The minimum atomic E-state index is -0.160. The van der Waals surface area contributed by atoms with E-state index >= 15 is 0 Å². The molecule has 1 aromatic rings. The van der Waals surface area contributed by atoms with Crippen molar-refractivity contribution in [3.8, 4) is 0 Å². The zero-order valence-corrected chi connectivity index (χ0v) is 14.9. The Kier molecular flexibility index (Phi) is 5.55. The van der Waals surface area contributed by atoms with E-state index in [9.17, 15) is 4.79 Å². The molecule has 2 heterocycles. The summed E-state index contributed by atoms with van der Waals surface area (Å²) < 4.78 is 10.8. The smallest absolute Gasteiger partial charge is 0.307 e. The number of carbonyl (C=O) groups is 1. The fourth-order valence-corrected chi connectivity index (χ4v) is 3.69. The Morgan fingerprint density at radius 3 is 2.91 bits per heavy atom. The lowest BCUT2D eigenvalue weighted by molar-refractivity contribution is -0.142. The topological polar surface area (TPSA) is 55.6 Å². The molecule has 0 bridgehead atoms. The molecule has 1 aromatic heterocycles. The van der Waals surface area contributed by atoms with E-state index in [0.717, 1.165) is 29.7 Å². The quantitative estimate of drug-likeness (QED) is 0.793. The van der Waals surface area contributed by atoms with Crippen LogP contribution in [0.2, 0.25) is 0 Å². The minimum absolute atomic E-state index is 0.0475. The Morgan fingerprint density at radius 2 is 2.32 bits per heavy atom. The molecular weight excluding hydrogens is 300 g/mol. The third kappa shape index (κ3) is 4.04. The van der Waals surface area contributed by atoms with Crippen molar-refractivity contribution >= 4 is 17.7 Å². The van der Waals surface area contributed by atoms with Gasteiger partial charge in [0.2, 0.25) is 5.89 Å². The largest absolute Gasteiger partial charge is 0.469 e. The summed E-state index contributed by atoms with van der Waals surface area (Å²) in [7, 11) is 1.44. The van der Waals surface area contributed by atoms with Crippen LogP contribution in [0, 0.1) is 0 Å². The van der Waals surface area contributed by atoms with Gasteiger partial charge in [0.05, 0.1) is 25.8 Å². The number of esters is 1. The summed E-state index contributed by atoms with van der Waals surface area (Å²) in [6.45, 7) is 9.36. The van der Waals surface area contributed by atoms with Crippen LogP contribution in [0.4, 0.5) is 0 Å². The van der Waals surface area contributed by atoms with E-state index in [0.29, 0.717) is 6.42 Å². The Bertz CT molecular complexity index is 510. The van der Waals surface area contributed by atoms with Gasteiger partial charge in [-0.3, -0.25) is 9.69 Å². The predicted octanol–water partition coefficient (Wildman–Crippen LogP) is 3.01. The van der Waals surface area contributed by atoms with Gasteiger partial charge in [0.25, 0.3) is 0 Å². The van der Waals surface area contributed by atoms with Crippen LogP contribution in [0.3, 0.4) is 0 Å². The SMILES string of the molecule is COC(=O)C[C@@H]1CSCCN1[C@@H](C)c1ncc(C(C)(C)C)o1. The number of rotatable bonds is 4. The fraction of sp³-hybridized carbons (Fsp3) is 0.750. The first kappa shape index (κ1) is 17.3. The number of carbonyl (C=O) groups excluding carboxylic acids is 1. The van der Waals surface area contributed by atoms with Crippen molar-refractivity contribution in [1.29, 1.82) is 0 Å². The average molecular weight is 326 g/mol. The lowest BCUT2D eigenvalue weighted by atomic mass is 9.94. The monoisotopic (exact) mass is 326 g/mol. The van der Waals surface area contributed by atoms with Crippen molar-refractivity contribution < 1.29 is 13.9 Å². The maximum atomic E-state index is 11.6. The zero-order chi connectivity index (χ0) is 16.3. The highest BCUT2D eigenvalue weighted by Gasteiger charge is 2.32. The van der Waals surface area contributed by atoms with E-state index < -0.39 is 0 Å². The lowest BCUT2D eigenvalue weighted by Crippen LogP contribution is -2.45. The first-order valence-electron chi connectivity index (χ1n) is 7.69. The van der Waals surface area contributed by atoms with Crippen molar-refractivity contribution in [3.05, 3.63) is 17.8 Å².